The van der Waals surface area contributed by atoms with Gasteiger partial charge in [0.15, 0.2) is 0 Å². The van der Waals surface area contributed by atoms with E-state index in [1.165, 1.54) is 51.6 Å². The van der Waals surface area contributed by atoms with Crippen LogP contribution in [0.3, 0.4) is 0 Å². The van der Waals surface area contributed by atoms with Crippen LogP contribution in [0.1, 0.15) is 52.4 Å². The maximum atomic E-state index is 6.40. The van der Waals surface area contributed by atoms with Crippen molar-refractivity contribution in [1.29, 1.82) is 0 Å². The molecule has 2 aliphatic heterocycles. The molecule has 2 aliphatic rings. The number of nitrogens with zero attached hydrogens (tertiary/aromatic N) is 2. The summed E-state index contributed by atoms with van der Waals surface area (Å²) in [5.41, 5.74) is 6.40. The maximum absolute atomic E-state index is 6.40. The standard InChI is InChI=1S/C15H31N3/c1-4-6-14(16)15(5-2)18-10-9-12-7-8-13(11-18)17(12)3/h12-15H,4-11,16H2,1-3H3. The lowest BCUT2D eigenvalue weighted by atomic mass is 9.98. The van der Waals surface area contributed by atoms with E-state index in [2.05, 4.69) is 30.7 Å². The van der Waals surface area contributed by atoms with Crippen molar-refractivity contribution in [3.8, 4) is 0 Å². The van der Waals surface area contributed by atoms with Crippen LogP contribution in [0, 0.1) is 0 Å². The minimum absolute atomic E-state index is 0.363. The Labute approximate surface area is 113 Å². The van der Waals surface area contributed by atoms with Crippen LogP contribution >= 0.6 is 0 Å². The van der Waals surface area contributed by atoms with E-state index in [4.69, 9.17) is 5.73 Å². The van der Waals surface area contributed by atoms with Gasteiger partial charge in [-0.05, 0) is 39.2 Å². The number of likely N-dealkylation sites (N-methyl/N-ethyl adjacent to an activating group) is 1. The summed E-state index contributed by atoms with van der Waals surface area (Å²) >= 11 is 0. The fourth-order valence-corrected chi connectivity index (χ4v) is 3.99. The van der Waals surface area contributed by atoms with Gasteiger partial charge in [0.1, 0.15) is 0 Å². The Hall–Kier alpha value is -0.120. The number of hydrogen-bond donors (Lipinski definition) is 1. The molecule has 2 fully saturated rings. The van der Waals surface area contributed by atoms with Crippen molar-refractivity contribution in [3.63, 3.8) is 0 Å². The van der Waals surface area contributed by atoms with Gasteiger partial charge in [-0.25, -0.2) is 0 Å². The molecule has 2 heterocycles. The van der Waals surface area contributed by atoms with Gasteiger partial charge in [0.2, 0.25) is 0 Å². The summed E-state index contributed by atoms with van der Waals surface area (Å²) in [6, 6.07) is 2.57. The molecule has 3 nitrogen and oxygen atoms in total. The molecule has 2 rings (SSSR count). The number of fused-ring (bicyclic) bond motifs is 2. The predicted molar refractivity (Wildman–Crippen MR) is 77.7 cm³/mol. The van der Waals surface area contributed by atoms with Crippen molar-refractivity contribution in [2.45, 2.75) is 76.5 Å². The van der Waals surface area contributed by atoms with Crippen LogP contribution in [0.25, 0.3) is 0 Å². The first-order chi connectivity index (χ1) is 8.67. The fraction of sp³-hybridized carbons (Fsp3) is 1.00. The van der Waals surface area contributed by atoms with Gasteiger partial charge in [-0.15, -0.1) is 0 Å². The van der Waals surface area contributed by atoms with Gasteiger partial charge in [0, 0.05) is 37.3 Å². The minimum Gasteiger partial charge on any atom is -0.326 e. The molecule has 2 N–H and O–H groups in total. The number of nitrogens with two attached hydrogens (primary N) is 1. The quantitative estimate of drug-likeness (QED) is 0.814. The van der Waals surface area contributed by atoms with Crippen molar-refractivity contribution >= 4 is 0 Å². The maximum Gasteiger partial charge on any atom is 0.0245 e. The second kappa shape index (κ2) is 6.36. The molecule has 2 saturated heterocycles. The Kier molecular flexibility index (Phi) is 5.05. The summed E-state index contributed by atoms with van der Waals surface area (Å²) in [7, 11) is 2.32. The Balaban J connectivity index is 1.99. The Morgan fingerprint density at radius 2 is 1.89 bits per heavy atom. The highest BCUT2D eigenvalue weighted by Crippen LogP contribution is 2.30. The number of rotatable bonds is 5. The molecular weight excluding hydrogens is 222 g/mol. The molecular formula is C15H31N3. The van der Waals surface area contributed by atoms with E-state index in [1.807, 2.05) is 0 Å². The van der Waals surface area contributed by atoms with Gasteiger partial charge in [0.25, 0.3) is 0 Å². The second-order valence-corrected chi connectivity index (χ2v) is 6.26. The molecule has 2 bridgehead atoms. The lowest BCUT2D eigenvalue weighted by Gasteiger charge is -2.36. The summed E-state index contributed by atoms with van der Waals surface area (Å²) < 4.78 is 0. The van der Waals surface area contributed by atoms with E-state index in [1.54, 1.807) is 0 Å². The molecule has 0 aromatic heterocycles. The first-order valence-corrected chi connectivity index (χ1v) is 7.88. The lowest BCUT2D eigenvalue weighted by molar-refractivity contribution is 0.144. The molecule has 0 aromatic rings. The largest absolute Gasteiger partial charge is 0.326 e. The van der Waals surface area contributed by atoms with Crippen LogP contribution in [0.2, 0.25) is 0 Å². The summed E-state index contributed by atoms with van der Waals surface area (Å²) in [6.45, 7) is 7.03. The van der Waals surface area contributed by atoms with E-state index in [-0.39, 0.29) is 0 Å². The molecule has 0 spiro atoms. The molecule has 0 saturated carbocycles. The Bertz CT molecular complexity index is 256. The zero-order valence-corrected chi connectivity index (χ0v) is 12.4. The van der Waals surface area contributed by atoms with Crippen molar-refractivity contribution in [1.82, 2.24) is 9.80 Å². The Morgan fingerprint density at radius 3 is 2.56 bits per heavy atom. The number of likely N-dealkylation sites (tertiary alicyclic amines) is 1. The normalized spacial score (nSPS) is 33.3. The molecule has 4 unspecified atom stereocenters. The third kappa shape index (κ3) is 2.89. The molecule has 4 atom stereocenters. The highest BCUT2D eigenvalue weighted by Gasteiger charge is 2.37. The van der Waals surface area contributed by atoms with Gasteiger partial charge in [-0.1, -0.05) is 20.3 Å². The van der Waals surface area contributed by atoms with Crippen molar-refractivity contribution < 1.29 is 0 Å². The highest BCUT2D eigenvalue weighted by atomic mass is 15.3. The number of hydrogen-bond acceptors (Lipinski definition) is 3. The molecule has 3 heteroatoms. The summed E-state index contributed by atoms with van der Waals surface area (Å²) in [5, 5.41) is 0. The molecule has 0 radical (unpaired) electrons. The summed E-state index contributed by atoms with van der Waals surface area (Å²) in [4.78, 5) is 5.32. The predicted octanol–water partition coefficient (Wildman–Crippen LogP) is 2.06. The Morgan fingerprint density at radius 1 is 1.17 bits per heavy atom. The van der Waals surface area contributed by atoms with E-state index in [0.717, 1.165) is 12.1 Å². The molecule has 0 aliphatic carbocycles. The zero-order valence-electron chi connectivity index (χ0n) is 12.4. The average Bonchev–Trinajstić information content (AvgIpc) is 2.57. The minimum atomic E-state index is 0.363. The first-order valence-electron chi connectivity index (χ1n) is 7.88. The third-order valence-electron chi connectivity index (χ3n) is 5.18. The van der Waals surface area contributed by atoms with Crippen LogP contribution in [-0.4, -0.2) is 54.1 Å². The highest BCUT2D eigenvalue weighted by molar-refractivity contribution is 4.94. The van der Waals surface area contributed by atoms with Gasteiger partial charge in [0.05, 0.1) is 0 Å². The second-order valence-electron chi connectivity index (χ2n) is 6.26. The van der Waals surface area contributed by atoms with Crippen LogP contribution in [0.4, 0.5) is 0 Å². The van der Waals surface area contributed by atoms with E-state index in [9.17, 15) is 0 Å². The van der Waals surface area contributed by atoms with Crippen molar-refractivity contribution in [2.75, 3.05) is 20.1 Å². The fourth-order valence-electron chi connectivity index (χ4n) is 3.99. The van der Waals surface area contributed by atoms with Gasteiger partial charge >= 0.3 is 0 Å². The van der Waals surface area contributed by atoms with Crippen LogP contribution in [0.15, 0.2) is 0 Å². The van der Waals surface area contributed by atoms with Crippen molar-refractivity contribution in [2.24, 2.45) is 5.73 Å². The molecule has 106 valence electrons. The first kappa shape index (κ1) is 14.3. The molecule has 18 heavy (non-hydrogen) atoms. The third-order valence-corrected chi connectivity index (χ3v) is 5.18. The van der Waals surface area contributed by atoms with E-state index < -0.39 is 0 Å². The van der Waals surface area contributed by atoms with Gasteiger partial charge in [-0.2, -0.15) is 0 Å². The summed E-state index contributed by atoms with van der Waals surface area (Å²) in [6.07, 6.45) is 7.70. The molecule has 0 aromatic carbocycles. The van der Waals surface area contributed by atoms with Crippen LogP contribution in [0.5, 0.6) is 0 Å². The summed E-state index contributed by atoms with van der Waals surface area (Å²) in [5.74, 6) is 0. The van der Waals surface area contributed by atoms with E-state index >= 15 is 0 Å². The zero-order chi connectivity index (χ0) is 13.1. The topological polar surface area (TPSA) is 32.5 Å². The van der Waals surface area contributed by atoms with Crippen LogP contribution in [-0.2, 0) is 0 Å². The van der Waals surface area contributed by atoms with Crippen molar-refractivity contribution in [3.05, 3.63) is 0 Å². The molecule has 0 amide bonds. The van der Waals surface area contributed by atoms with E-state index in [0.29, 0.717) is 12.1 Å². The smallest absolute Gasteiger partial charge is 0.0245 e. The SMILES string of the molecule is CCCC(N)C(CC)N1CCC2CCC(C1)N2C. The van der Waals surface area contributed by atoms with Gasteiger partial charge < -0.3 is 5.73 Å². The monoisotopic (exact) mass is 253 g/mol. The average molecular weight is 253 g/mol. The van der Waals surface area contributed by atoms with Gasteiger partial charge in [-0.3, -0.25) is 9.80 Å². The lowest BCUT2D eigenvalue weighted by Crippen LogP contribution is -2.50. The van der Waals surface area contributed by atoms with Crippen LogP contribution < -0.4 is 5.73 Å².